The second-order valence-electron chi connectivity index (χ2n) is 14.5. The number of rotatable bonds is 8. The molecule has 1 aromatic heterocycles. The predicted molar refractivity (Wildman–Crippen MR) is 168 cm³/mol. The molecule has 0 amide bonds. The van der Waals surface area contributed by atoms with Gasteiger partial charge in [-0.3, -0.25) is 14.1 Å². The summed E-state index contributed by atoms with van der Waals surface area (Å²) in [4.78, 5) is 45.5. The van der Waals surface area contributed by atoms with Gasteiger partial charge in [-0.2, -0.15) is 0 Å². The van der Waals surface area contributed by atoms with Gasteiger partial charge in [0.1, 0.15) is 6.61 Å². The molecule has 3 saturated carbocycles. The van der Waals surface area contributed by atoms with E-state index in [0.717, 1.165) is 28.8 Å². The van der Waals surface area contributed by atoms with Gasteiger partial charge in [0, 0.05) is 47.7 Å². The van der Waals surface area contributed by atoms with E-state index in [0.29, 0.717) is 24.8 Å². The third-order valence-corrected chi connectivity index (χ3v) is 12.5. The highest BCUT2D eigenvalue weighted by Gasteiger charge is 2.76. The first-order valence-corrected chi connectivity index (χ1v) is 17.7. The van der Waals surface area contributed by atoms with Gasteiger partial charge in [-0.25, -0.2) is 4.57 Å². The number of nitrogens with zero attached hydrogens (tertiary/aromatic N) is 1. The fourth-order valence-corrected chi connectivity index (χ4v) is 10.2. The molecule has 7 rings (SSSR count). The zero-order valence-electron chi connectivity index (χ0n) is 26.7. The Bertz CT molecular complexity index is 1710. The van der Waals surface area contributed by atoms with E-state index in [1.54, 1.807) is 12.2 Å². The van der Waals surface area contributed by atoms with Crippen LogP contribution in [0.5, 0.6) is 0 Å². The molecule has 47 heavy (non-hydrogen) atoms. The summed E-state index contributed by atoms with van der Waals surface area (Å²) in [7, 11) is -3.05. The summed E-state index contributed by atoms with van der Waals surface area (Å²) in [6.45, 7) is 3.13. The van der Waals surface area contributed by atoms with Crippen molar-refractivity contribution in [1.29, 1.82) is 0 Å². The lowest BCUT2D eigenvalue weighted by Gasteiger charge is -2.59. The molecule has 9 atom stereocenters. The highest BCUT2D eigenvalue weighted by atomic mass is 31.2. The van der Waals surface area contributed by atoms with Crippen molar-refractivity contribution in [3.05, 3.63) is 82.7 Å². The number of allylic oxidation sites excluding steroid dienone is 4. The summed E-state index contributed by atoms with van der Waals surface area (Å²) in [5.74, 6) is -0.949. The zero-order chi connectivity index (χ0) is 33.5. The minimum absolute atomic E-state index is 0.00655. The Morgan fingerprint density at radius 3 is 2.60 bits per heavy atom. The van der Waals surface area contributed by atoms with E-state index >= 15 is 0 Å². The Kier molecular flexibility index (Phi) is 7.97. The number of benzene rings is 1. The number of ether oxygens (including phenoxy) is 2. The van der Waals surface area contributed by atoms with E-state index < -0.39 is 55.1 Å². The fraction of sp³-hybridized carbons (Fsp3) is 0.543. The fourth-order valence-electron chi connectivity index (χ4n) is 9.88. The topological polar surface area (TPSA) is 165 Å². The van der Waals surface area contributed by atoms with Crippen molar-refractivity contribution in [2.75, 3.05) is 6.61 Å². The number of aromatic nitrogens is 1. The molecule has 4 fully saturated rings. The van der Waals surface area contributed by atoms with Crippen LogP contribution in [0.1, 0.15) is 68.2 Å². The first-order chi connectivity index (χ1) is 22.2. The van der Waals surface area contributed by atoms with E-state index in [9.17, 15) is 34.2 Å². The van der Waals surface area contributed by atoms with E-state index in [1.807, 2.05) is 61.1 Å². The molecule has 252 valence electrons. The molecule has 0 unspecified atom stereocenters. The quantitative estimate of drug-likeness (QED) is 0.304. The van der Waals surface area contributed by atoms with Crippen LogP contribution in [0.2, 0.25) is 0 Å². The van der Waals surface area contributed by atoms with E-state index in [2.05, 4.69) is 6.92 Å². The maximum absolute atomic E-state index is 14.3. The molecule has 5 aliphatic rings. The molecule has 1 aliphatic heterocycles. The molecule has 0 radical (unpaired) electrons. The van der Waals surface area contributed by atoms with Gasteiger partial charge >= 0.3 is 7.82 Å². The van der Waals surface area contributed by atoms with Gasteiger partial charge in [-0.15, -0.1) is 0 Å². The number of hydrogen-bond acceptors (Lipinski definition) is 8. The summed E-state index contributed by atoms with van der Waals surface area (Å²) in [6, 6.07) is 9.66. The Balaban J connectivity index is 1.22. The third kappa shape index (κ3) is 5.18. The number of phosphoric acid groups is 1. The van der Waals surface area contributed by atoms with Crippen LogP contribution in [-0.2, 0) is 48.2 Å². The van der Waals surface area contributed by atoms with Crippen LogP contribution in [0.4, 0.5) is 0 Å². The minimum Gasteiger partial charge on any atom is -0.393 e. The summed E-state index contributed by atoms with van der Waals surface area (Å²) >= 11 is 0. The Labute approximate surface area is 273 Å². The Morgan fingerprint density at radius 2 is 1.89 bits per heavy atom. The SMILES string of the molecule is Cn1cc([C@@H]2O[C@@H]3C[C@H]4[C@@H]5CCC6=CC(=O)C=C[C@]6(C)[C@H]5[C@@H](O)C[C@]4(C)[C@]3(C(=O)COP(=O)(O)O)O2)cc1Cc1ccc(CO)cc1. The number of aliphatic hydroxyl groups excluding tert-OH is 2. The number of carbonyl (C=O) groups is 2. The lowest BCUT2D eigenvalue weighted by atomic mass is 9.46. The molecular formula is C35H42NO10P. The normalized spacial score (nSPS) is 37.6. The van der Waals surface area contributed by atoms with Crippen LogP contribution in [-0.4, -0.2) is 60.5 Å². The summed E-state index contributed by atoms with van der Waals surface area (Å²) in [5, 5.41) is 21.3. The molecule has 4 aliphatic carbocycles. The predicted octanol–water partition coefficient (Wildman–Crippen LogP) is 3.83. The standard InChI is InChI=1S/C35H42NO10P/c1-33-11-10-25(38)14-23(33)8-9-26-27-15-30-35(29(40)19-44-47(41,42)43,34(27,2)16-28(39)31(26)33)46-32(45-30)22-13-24(36(3)17-22)12-20-4-6-21(18-37)7-5-20/h4-7,10-11,13-14,17,26-28,30-32,37,39H,8-9,12,15-16,18-19H2,1-3H3,(H2,41,42,43)/t26-,27-,28-,30+,31+,32+,33-,34-,35+/m0/s1. The molecule has 2 aromatic rings. The van der Waals surface area contributed by atoms with Crippen molar-refractivity contribution in [2.24, 2.45) is 35.6 Å². The van der Waals surface area contributed by atoms with Crippen LogP contribution in [0.15, 0.2) is 60.3 Å². The average Bonchev–Trinajstić information content (AvgIpc) is 3.65. The van der Waals surface area contributed by atoms with Crippen LogP contribution >= 0.6 is 7.82 Å². The lowest BCUT2D eigenvalue weighted by molar-refractivity contribution is -0.200. The zero-order valence-corrected chi connectivity index (χ0v) is 27.6. The summed E-state index contributed by atoms with van der Waals surface area (Å²) < 4.78 is 31.8. The number of hydrogen-bond donors (Lipinski definition) is 4. The van der Waals surface area contributed by atoms with Crippen LogP contribution in [0.25, 0.3) is 0 Å². The van der Waals surface area contributed by atoms with E-state index in [1.165, 1.54) is 0 Å². The van der Waals surface area contributed by atoms with Gasteiger partial charge in [-0.1, -0.05) is 49.8 Å². The molecule has 4 N–H and O–H groups in total. The number of ketones is 2. The molecule has 2 heterocycles. The van der Waals surface area contributed by atoms with Crippen molar-refractivity contribution in [3.8, 4) is 0 Å². The van der Waals surface area contributed by atoms with Gasteiger partial charge in [0.2, 0.25) is 0 Å². The van der Waals surface area contributed by atoms with Crippen molar-refractivity contribution >= 4 is 19.4 Å². The largest absolute Gasteiger partial charge is 0.470 e. The highest BCUT2D eigenvalue weighted by Crippen LogP contribution is 2.70. The molecule has 1 aromatic carbocycles. The minimum atomic E-state index is -4.96. The first-order valence-electron chi connectivity index (χ1n) is 16.2. The monoisotopic (exact) mass is 667 g/mol. The van der Waals surface area contributed by atoms with E-state index in [4.69, 9.17) is 14.0 Å². The lowest BCUT2D eigenvalue weighted by Crippen LogP contribution is -2.63. The van der Waals surface area contributed by atoms with Crippen molar-refractivity contribution in [1.82, 2.24) is 4.57 Å². The second kappa shape index (κ2) is 11.4. The molecule has 11 nitrogen and oxygen atoms in total. The highest BCUT2D eigenvalue weighted by molar-refractivity contribution is 7.46. The van der Waals surface area contributed by atoms with Crippen molar-refractivity contribution < 1.29 is 48.2 Å². The number of Topliss-reactive ketones (excluding diaryl/α,β-unsaturated/α-hetero) is 1. The van der Waals surface area contributed by atoms with Crippen LogP contribution in [0, 0.1) is 28.6 Å². The number of carbonyl (C=O) groups excluding carboxylic acids is 2. The third-order valence-electron chi connectivity index (χ3n) is 12.0. The van der Waals surface area contributed by atoms with Gasteiger partial charge in [0.05, 0.1) is 18.8 Å². The number of aliphatic hydroxyl groups is 2. The first kappa shape index (κ1) is 32.8. The molecule has 12 heteroatoms. The molecule has 0 bridgehead atoms. The number of aryl methyl sites for hydroxylation is 1. The van der Waals surface area contributed by atoms with E-state index in [-0.39, 0.29) is 36.6 Å². The molecular weight excluding hydrogens is 625 g/mol. The smallest absolute Gasteiger partial charge is 0.393 e. The molecule has 1 saturated heterocycles. The maximum Gasteiger partial charge on any atom is 0.470 e. The summed E-state index contributed by atoms with van der Waals surface area (Å²) in [6.07, 6.45) is 7.32. The van der Waals surface area contributed by atoms with Gasteiger partial charge in [-0.05, 0) is 66.9 Å². The van der Waals surface area contributed by atoms with Crippen molar-refractivity contribution in [3.63, 3.8) is 0 Å². The maximum atomic E-state index is 14.3. The van der Waals surface area contributed by atoms with Gasteiger partial charge in [0.15, 0.2) is 23.5 Å². The van der Waals surface area contributed by atoms with Crippen molar-refractivity contribution in [2.45, 2.75) is 76.7 Å². The number of phosphoric ester groups is 1. The van der Waals surface area contributed by atoms with Crippen LogP contribution < -0.4 is 0 Å². The number of fused-ring (bicyclic) bond motifs is 7. The van der Waals surface area contributed by atoms with Gasteiger partial charge < -0.3 is 34.0 Å². The Hall–Kier alpha value is -2.73. The van der Waals surface area contributed by atoms with Crippen LogP contribution in [0.3, 0.4) is 0 Å². The van der Waals surface area contributed by atoms with Gasteiger partial charge in [0.25, 0.3) is 0 Å². The molecule has 0 spiro atoms. The summed E-state index contributed by atoms with van der Waals surface area (Å²) in [5.41, 5.74) is 1.54. The Morgan fingerprint density at radius 1 is 1.17 bits per heavy atom. The average molecular weight is 668 g/mol. The second-order valence-corrected chi connectivity index (χ2v) is 15.7.